The van der Waals surface area contributed by atoms with Crippen LogP contribution >= 0.6 is 0 Å². The molecule has 0 radical (unpaired) electrons. The zero-order valence-electron chi connectivity index (χ0n) is 20.8. The number of carbonyl (C=O) groups is 1. The summed E-state index contributed by atoms with van der Waals surface area (Å²) in [6.07, 6.45) is 5.89. The Morgan fingerprint density at radius 3 is 2.32 bits per heavy atom. The summed E-state index contributed by atoms with van der Waals surface area (Å²) in [5.74, 6) is 1.01. The van der Waals surface area contributed by atoms with Crippen LogP contribution in [-0.4, -0.2) is 57.3 Å². The third-order valence-electron chi connectivity index (χ3n) is 6.93. The van der Waals surface area contributed by atoms with Crippen molar-refractivity contribution in [2.45, 2.75) is 52.1 Å². The molecule has 2 aliphatic rings. The first-order valence-corrected chi connectivity index (χ1v) is 12.7. The number of amides is 1. The van der Waals surface area contributed by atoms with E-state index in [-0.39, 0.29) is 5.91 Å². The fourth-order valence-electron chi connectivity index (χ4n) is 5.01. The molecule has 0 N–H and O–H groups in total. The van der Waals surface area contributed by atoms with Crippen molar-refractivity contribution >= 4 is 17.3 Å². The molecule has 34 heavy (non-hydrogen) atoms. The summed E-state index contributed by atoms with van der Waals surface area (Å²) < 4.78 is 10.9. The molecule has 1 amide bonds. The Hall–Kier alpha value is -2.57. The molecule has 6 heteroatoms. The normalized spacial score (nSPS) is 18.5. The monoisotopic (exact) mass is 465 g/mol. The molecule has 0 aliphatic carbocycles. The van der Waals surface area contributed by atoms with Gasteiger partial charge in [0.25, 0.3) is 0 Å². The molecule has 2 aromatic carbocycles. The minimum absolute atomic E-state index is 0.124. The average Bonchev–Trinajstić information content (AvgIpc) is 2.86. The van der Waals surface area contributed by atoms with Gasteiger partial charge in [-0.15, -0.1) is 0 Å². The summed E-state index contributed by atoms with van der Waals surface area (Å²) in [6.45, 7) is 8.58. The predicted octanol–water partition coefficient (Wildman–Crippen LogP) is 4.85. The summed E-state index contributed by atoms with van der Waals surface area (Å²) >= 11 is 0. The van der Waals surface area contributed by atoms with E-state index >= 15 is 0 Å². The van der Waals surface area contributed by atoms with E-state index in [9.17, 15) is 4.79 Å². The van der Waals surface area contributed by atoms with Crippen molar-refractivity contribution in [3.05, 3.63) is 53.6 Å². The Morgan fingerprint density at radius 1 is 0.912 bits per heavy atom. The lowest BCUT2D eigenvalue weighted by Crippen LogP contribution is -2.36. The zero-order chi connectivity index (χ0) is 23.8. The lowest BCUT2D eigenvalue weighted by atomic mass is 10.0. The third-order valence-corrected chi connectivity index (χ3v) is 6.93. The van der Waals surface area contributed by atoms with Crippen LogP contribution in [0.4, 0.5) is 11.4 Å². The molecule has 0 bridgehead atoms. The van der Waals surface area contributed by atoms with Gasteiger partial charge in [0.1, 0.15) is 5.75 Å². The van der Waals surface area contributed by atoms with E-state index in [4.69, 9.17) is 9.47 Å². The van der Waals surface area contributed by atoms with Gasteiger partial charge in [-0.25, -0.2) is 0 Å². The molecule has 0 aromatic heterocycles. The van der Waals surface area contributed by atoms with E-state index in [1.54, 1.807) is 14.0 Å². The fourth-order valence-corrected chi connectivity index (χ4v) is 5.01. The maximum absolute atomic E-state index is 12.7. The highest BCUT2D eigenvalue weighted by atomic mass is 16.5. The molecule has 0 saturated carbocycles. The van der Waals surface area contributed by atoms with Crippen molar-refractivity contribution < 1.29 is 14.3 Å². The number of morpholine rings is 1. The van der Waals surface area contributed by atoms with Crippen LogP contribution in [0.15, 0.2) is 42.5 Å². The Balaban J connectivity index is 1.65. The summed E-state index contributed by atoms with van der Waals surface area (Å²) in [7, 11) is 1.70. The molecule has 0 atom stereocenters. The summed E-state index contributed by atoms with van der Waals surface area (Å²) in [5, 5.41) is 0. The zero-order valence-corrected chi connectivity index (χ0v) is 20.8. The van der Waals surface area contributed by atoms with E-state index in [0.29, 0.717) is 0 Å². The summed E-state index contributed by atoms with van der Waals surface area (Å²) in [5.41, 5.74) is 4.79. The Kier molecular flexibility index (Phi) is 8.83. The van der Waals surface area contributed by atoms with E-state index in [2.05, 4.69) is 40.1 Å². The van der Waals surface area contributed by atoms with Crippen LogP contribution in [0.3, 0.4) is 0 Å². The Bertz CT molecular complexity index is 925. The van der Waals surface area contributed by atoms with E-state index in [1.807, 2.05) is 17.0 Å². The quantitative estimate of drug-likeness (QED) is 0.646. The molecule has 2 aromatic rings. The number of carbonyl (C=O) groups excluding carboxylic acids is 1. The lowest BCUT2D eigenvalue weighted by molar-refractivity contribution is -0.116. The van der Waals surface area contributed by atoms with E-state index in [1.165, 1.54) is 42.5 Å². The van der Waals surface area contributed by atoms with Crippen molar-refractivity contribution in [3.63, 3.8) is 0 Å². The first kappa shape index (κ1) is 24.6. The fraction of sp³-hybridized carbons (Fsp3) is 0.536. The number of fused-ring (bicyclic) bond motifs is 1. The second-order valence-electron chi connectivity index (χ2n) is 9.41. The van der Waals surface area contributed by atoms with Crippen LogP contribution in [0, 0.1) is 0 Å². The lowest BCUT2D eigenvalue weighted by Gasteiger charge is -2.32. The van der Waals surface area contributed by atoms with Crippen molar-refractivity contribution in [2.75, 3.05) is 56.3 Å². The van der Waals surface area contributed by atoms with Crippen molar-refractivity contribution in [1.29, 1.82) is 0 Å². The van der Waals surface area contributed by atoms with Crippen molar-refractivity contribution in [2.24, 2.45) is 0 Å². The van der Waals surface area contributed by atoms with Crippen LogP contribution < -0.4 is 14.5 Å². The molecule has 1 saturated heterocycles. The van der Waals surface area contributed by atoms with Gasteiger partial charge < -0.3 is 19.3 Å². The molecule has 6 nitrogen and oxygen atoms in total. The standard InChI is InChI=1S/C28H39N3O3/c1-23(32)31-15-7-5-3-4-6-14-29(21-24-8-11-27(33-2)12-9-24)22-25-20-26(10-13-28(25)31)30-16-18-34-19-17-30/h8-13,20H,3-7,14-19,21-22H2,1-2H3. The largest absolute Gasteiger partial charge is 0.497 e. The van der Waals surface area contributed by atoms with Gasteiger partial charge in [0.05, 0.1) is 20.3 Å². The summed E-state index contributed by atoms with van der Waals surface area (Å²) in [6, 6.07) is 15.0. The number of nitrogens with zero attached hydrogens (tertiary/aromatic N) is 3. The Morgan fingerprint density at radius 2 is 1.62 bits per heavy atom. The van der Waals surface area contributed by atoms with Gasteiger partial charge >= 0.3 is 0 Å². The number of ether oxygens (including phenoxy) is 2. The number of hydrogen-bond donors (Lipinski definition) is 0. The number of hydrogen-bond acceptors (Lipinski definition) is 5. The number of anilines is 2. The van der Waals surface area contributed by atoms with Gasteiger partial charge in [-0.2, -0.15) is 0 Å². The highest BCUT2D eigenvalue weighted by molar-refractivity contribution is 5.92. The first-order valence-electron chi connectivity index (χ1n) is 12.7. The minimum atomic E-state index is 0.124. The molecule has 4 rings (SSSR count). The van der Waals surface area contributed by atoms with E-state index in [0.717, 1.165) is 70.3 Å². The van der Waals surface area contributed by atoms with Crippen LogP contribution in [-0.2, 0) is 22.6 Å². The second-order valence-corrected chi connectivity index (χ2v) is 9.41. The van der Waals surface area contributed by atoms with Gasteiger partial charge in [0.15, 0.2) is 0 Å². The molecule has 1 fully saturated rings. The molecule has 0 unspecified atom stereocenters. The maximum atomic E-state index is 12.7. The van der Waals surface area contributed by atoms with Crippen LogP contribution in [0.1, 0.15) is 50.2 Å². The molecular formula is C28H39N3O3. The summed E-state index contributed by atoms with van der Waals surface area (Å²) in [4.78, 5) is 19.6. The minimum Gasteiger partial charge on any atom is -0.497 e. The molecule has 184 valence electrons. The maximum Gasteiger partial charge on any atom is 0.223 e. The van der Waals surface area contributed by atoms with Gasteiger partial charge in [0, 0.05) is 51.0 Å². The second kappa shape index (κ2) is 12.2. The molecule has 2 heterocycles. The van der Waals surface area contributed by atoms with Gasteiger partial charge in [-0.1, -0.05) is 31.4 Å². The number of benzene rings is 2. The molecule has 2 aliphatic heterocycles. The van der Waals surface area contributed by atoms with Gasteiger partial charge in [0.2, 0.25) is 5.91 Å². The number of methoxy groups -OCH3 is 1. The van der Waals surface area contributed by atoms with Crippen LogP contribution in [0.2, 0.25) is 0 Å². The predicted molar refractivity (Wildman–Crippen MR) is 138 cm³/mol. The smallest absolute Gasteiger partial charge is 0.223 e. The Labute approximate surface area is 204 Å². The average molecular weight is 466 g/mol. The van der Waals surface area contributed by atoms with E-state index < -0.39 is 0 Å². The molecular weight excluding hydrogens is 426 g/mol. The third kappa shape index (κ3) is 6.51. The SMILES string of the molecule is COc1ccc(CN2CCCCCCCN(C(C)=O)c3ccc(N4CCOCC4)cc3C2)cc1. The van der Waals surface area contributed by atoms with Crippen molar-refractivity contribution in [1.82, 2.24) is 4.90 Å². The van der Waals surface area contributed by atoms with Crippen LogP contribution in [0.5, 0.6) is 5.75 Å². The molecule has 0 spiro atoms. The highest BCUT2D eigenvalue weighted by Gasteiger charge is 2.21. The highest BCUT2D eigenvalue weighted by Crippen LogP contribution is 2.30. The number of rotatable bonds is 4. The van der Waals surface area contributed by atoms with Gasteiger partial charge in [-0.3, -0.25) is 9.69 Å². The van der Waals surface area contributed by atoms with Gasteiger partial charge in [-0.05, 0) is 60.8 Å². The first-order chi connectivity index (χ1) is 16.6. The van der Waals surface area contributed by atoms with Crippen molar-refractivity contribution in [3.8, 4) is 5.75 Å². The van der Waals surface area contributed by atoms with Crippen LogP contribution in [0.25, 0.3) is 0 Å². The topological polar surface area (TPSA) is 45.2 Å².